The molecule has 0 aliphatic carbocycles. The Morgan fingerprint density at radius 2 is 1.63 bits per heavy atom. The maximum Gasteiger partial charge on any atom is 0.305 e. The largest absolute Gasteiger partial charge is 0.469 e. The number of benzene rings is 2. The van der Waals surface area contributed by atoms with Crippen LogP contribution in [-0.2, 0) is 20.7 Å². The SMILES string of the molecule is COC(=O)CCCCCCNC(=O)Cc1c(C)n(C(=O)c2ccccc2)c2ccc(C(C)=O)cc12. The number of amides is 1. The highest BCUT2D eigenvalue weighted by molar-refractivity contribution is 6.06. The van der Waals surface area contributed by atoms with Gasteiger partial charge in [0.25, 0.3) is 5.91 Å². The highest BCUT2D eigenvalue weighted by Crippen LogP contribution is 2.29. The molecule has 0 aliphatic rings. The maximum atomic E-state index is 13.3. The van der Waals surface area contributed by atoms with Gasteiger partial charge in [-0.05, 0) is 62.6 Å². The number of aromatic nitrogens is 1. The highest BCUT2D eigenvalue weighted by atomic mass is 16.5. The lowest BCUT2D eigenvalue weighted by atomic mass is 10.0. The summed E-state index contributed by atoms with van der Waals surface area (Å²) in [4.78, 5) is 49.2. The van der Waals surface area contributed by atoms with E-state index in [1.54, 1.807) is 34.9 Å². The molecule has 1 aromatic heterocycles. The number of Topliss-reactive ketones (excluding diaryl/α,β-unsaturated/α-hetero) is 1. The van der Waals surface area contributed by atoms with E-state index in [-0.39, 0.29) is 30.0 Å². The minimum atomic E-state index is -0.202. The summed E-state index contributed by atoms with van der Waals surface area (Å²) < 4.78 is 6.25. The Morgan fingerprint density at radius 1 is 0.914 bits per heavy atom. The quantitative estimate of drug-likeness (QED) is 0.248. The van der Waals surface area contributed by atoms with Crippen molar-refractivity contribution < 1.29 is 23.9 Å². The van der Waals surface area contributed by atoms with Crippen molar-refractivity contribution in [2.24, 2.45) is 0 Å². The number of nitrogens with one attached hydrogen (secondary N) is 1. The van der Waals surface area contributed by atoms with Crippen LogP contribution in [0.4, 0.5) is 0 Å². The van der Waals surface area contributed by atoms with Gasteiger partial charge in [-0.2, -0.15) is 0 Å². The van der Waals surface area contributed by atoms with Gasteiger partial charge in [-0.15, -0.1) is 0 Å². The van der Waals surface area contributed by atoms with Crippen molar-refractivity contribution in [3.05, 3.63) is 70.9 Å². The molecular weight excluding hydrogens is 444 g/mol. The van der Waals surface area contributed by atoms with E-state index < -0.39 is 0 Å². The summed E-state index contributed by atoms with van der Waals surface area (Å²) in [6, 6.07) is 14.2. The van der Waals surface area contributed by atoms with Crippen LogP contribution >= 0.6 is 0 Å². The van der Waals surface area contributed by atoms with E-state index in [0.29, 0.717) is 35.3 Å². The van der Waals surface area contributed by atoms with Crippen molar-refractivity contribution in [2.45, 2.75) is 52.4 Å². The number of hydrogen-bond donors (Lipinski definition) is 1. The van der Waals surface area contributed by atoms with E-state index in [0.717, 1.165) is 36.6 Å². The van der Waals surface area contributed by atoms with E-state index in [4.69, 9.17) is 0 Å². The van der Waals surface area contributed by atoms with E-state index >= 15 is 0 Å². The smallest absolute Gasteiger partial charge is 0.305 e. The van der Waals surface area contributed by atoms with Gasteiger partial charge in [-0.3, -0.25) is 23.7 Å². The molecular formula is C28H32N2O5. The second-order valence-corrected chi connectivity index (χ2v) is 8.63. The Labute approximate surface area is 205 Å². The van der Waals surface area contributed by atoms with Crippen LogP contribution in [0.15, 0.2) is 48.5 Å². The average Bonchev–Trinajstić information content (AvgIpc) is 3.13. The molecule has 35 heavy (non-hydrogen) atoms. The molecule has 7 nitrogen and oxygen atoms in total. The Kier molecular flexibility index (Phi) is 8.95. The van der Waals surface area contributed by atoms with Crippen LogP contribution < -0.4 is 5.32 Å². The van der Waals surface area contributed by atoms with Gasteiger partial charge in [0.2, 0.25) is 5.91 Å². The van der Waals surface area contributed by atoms with Crippen molar-refractivity contribution in [3.8, 4) is 0 Å². The summed E-state index contributed by atoms with van der Waals surface area (Å²) in [6.45, 7) is 3.87. The van der Waals surface area contributed by atoms with Gasteiger partial charge in [0, 0.05) is 35.2 Å². The minimum absolute atomic E-state index is 0.0747. The number of carbonyl (C=O) groups excluding carboxylic acids is 4. The predicted octanol–water partition coefficient (Wildman–Crippen LogP) is 4.62. The van der Waals surface area contributed by atoms with Gasteiger partial charge < -0.3 is 10.1 Å². The Hall–Kier alpha value is -3.74. The normalized spacial score (nSPS) is 10.8. The lowest BCUT2D eigenvalue weighted by Gasteiger charge is -2.08. The minimum Gasteiger partial charge on any atom is -0.469 e. The molecule has 0 radical (unpaired) electrons. The second-order valence-electron chi connectivity index (χ2n) is 8.63. The lowest BCUT2D eigenvalue weighted by molar-refractivity contribution is -0.140. The van der Waals surface area contributed by atoms with E-state index in [1.165, 1.54) is 14.0 Å². The number of ether oxygens (including phenoxy) is 1. The molecule has 0 spiro atoms. The first-order valence-corrected chi connectivity index (χ1v) is 11.9. The summed E-state index contributed by atoms with van der Waals surface area (Å²) in [5.74, 6) is -0.592. The Bertz CT molecular complexity index is 1230. The van der Waals surface area contributed by atoms with E-state index in [2.05, 4.69) is 10.1 Å². The predicted molar refractivity (Wildman–Crippen MR) is 135 cm³/mol. The van der Waals surface area contributed by atoms with E-state index in [9.17, 15) is 19.2 Å². The molecule has 2 aromatic carbocycles. The molecule has 184 valence electrons. The molecule has 0 unspecified atom stereocenters. The van der Waals surface area contributed by atoms with Crippen LogP contribution in [0.5, 0.6) is 0 Å². The summed E-state index contributed by atoms with van der Waals surface area (Å²) in [5.41, 5.74) is 3.19. The number of nitrogens with zero attached hydrogens (tertiary/aromatic N) is 1. The second kappa shape index (κ2) is 12.1. The Balaban J connectivity index is 1.74. The van der Waals surface area contributed by atoms with Crippen LogP contribution in [-0.4, -0.2) is 41.8 Å². The molecule has 0 saturated heterocycles. The molecule has 3 rings (SSSR count). The fourth-order valence-corrected chi connectivity index (χ4v) is 4.20. The van der Waals surface area contributed by atoms with Crippen molar-refractivity contribution in [1.29, 1.82) is 0 Å². The Morgan fingerprint density at radius 3 is 2.31 bits per heavy atom. The van der Waals surface area contributed by atoms with Gasteiger partial charge in [-0.1, -0.05) is 31.0 Å². The number of hydrogen-bond acceptors (Lipinski definition) is 5. The molecule has 7 heteroatoms. The number of esters is 1. The number of unbranched alkanes of at least 4 members (excludes halogenated alkanes) is 3. The highest BCUT2D eigenvalue weighted by Gasteiger charge is 2.22. The molecule has 3 aromatic rings. The molecule has 0 atom stereocenters. The standard InChI is InChI=1S/C28H32N2O5/c1-19-23(18-26(32)29-16-10-5-4-9-13-27(33)35-3)24-17-22(20(2)31)14-15-25(24)30(19)28(34)21-11-7-6-8-12-21/h6-8,11-12,14-15,17H,4-5,9-10,13,16,18H2,1-3H3,(H,29,32). The molecule has 0 saturated carbocycles. The van der Waals surface area contributed by atoms with Crippen LogP contribution in [0.2, 0.25) is 0 Å². The van der Waals surface area contributed by atoms with Crippen molar-refractivity contribution in [1.82, 2.24) is 9.88 Å². The van der Waals surface area contributed by atoms with Crippen molar-refractivity contribution in [2.75, 3.05) is 13.7 Å². The van der Waals surface area contributed by atoms with Gasteiger partial charge in [0.15, 0.2) is 5.78 Å². The van der Waals surface area contributed by atoms with Crippen LogP contribution in [0.1, 0.15) is 71.0 Å². The fraction of sp³-hybridized carbons (Fsp3) is 0.357. The maximum absolute atomic E-state index is 13.3. The monoisotopic (exact) mass is 476 g/mol. The summed E-state index contributed by atoms with van der Waals surface area (Å²) in [7, 11) is 1.38. The fourth-order valence-electron chi connectivity index (χ4n) is 4.20. The third kappa shape index (κ3) is 6.44. The number of methoxy groups -OCH3 is 1. The molecule has 0 fully saturated rings. The number of ketones is 1. The van der Waals surface area contributed by atoms with Crippen LogP contribution in [0, 0.1) is 6.92 Å². The third-order valence-corrected chi connectivity index (χ3v) is 6.16. The topological polar surface area (TPSA) is 94.5 Å². The average molecular weight is 477 g/mol. The first kappa shape index (κ1) is 25.9. The molecule has 1 N–H and O–H groups in total. The zero-order valence-electron chi connectivity index (χ0n) is 20.6. The third-order valence-electron chi connectivity index (χ3n) is 6.16. The van der Waals surface area contributed by atoms with Crippen molar-refractivity contribution >= 4 is 34.5 Å². The molecule has 0 bridgehead atoms. The van der Waals surface area contributed by atoms with Gasteiger partial charge in [-0.25, -0.2) is 0 Å². The lowest BCUT2D eigenvalue weighted by Crippen LogP contribution is -2.26. The molecule has 1 heterocycles. The van der Waals surface area contributed by atoms with Gasteiger partial charge >= 0.3 is 5.97 Å². The molecule has 0 aliphatic heterocycles. The summed E-state index contributed by atoms with van der Waals surface area (Å²) in [5, 5.41) is 3.68. The number of carbonyl (C=O) groups is 4. The first-order chi connectivity index (χ1) is 16.8. The number of rotatable bonds is 11. The number of fused-ring (bicyclic) bond motifs is 1. The zero-order valence-corrected chi connectivity index (χ0v) is 20.6. The van der Waals surface area contributed by atoms with Crippen LogP contribution in [0.25, 0.3) is 10.9 Å². The van der Waals surface area contributed by atoms with E-state index in [1.807, 2.05) is 25.1 Å². The van der Waals surface area contributed by atoms with Gasteiger partial charge in [0.1, 0.15) is 0 Å². The summed E-state index contributed by atoms with van der Waals surface area (Å²) in [6.07, 6.45) is 3.91. The summed E-state index contributed by atoms with van der Waals surface area (Å²) >= 11 is 0. The van der Waals surface area contributed by atoms with Gasteiger partial charge in [0.05, 0.1) is 19.0 Å². The molecule has 1 amide bonds. The zero-order chi connectivity index (χ0) is 25.4. The van der Waals surface area contributed by atoms with Crippen LogP contribution in [0.3, 0.4) is 0 Å². The first-order valence-electron chi connectivity index (χ1n) is 11.9. The van der Waals surface area contributed by atoms with Crippen molar-refractivity contribution in [3.63, 3.8) is 0 Å².